The Balaban J connectivity index is 1.55. The molecule has 1 aromatic rings. The van der Waals surface area contributed by atoms with E-state index in [1.54, 1.807) is 19.5 Å². The van der Waals surface area contributed by atoms with Gasteiger partial charge in [-0.25, -0.2) is 0 Å². The molecule has 0 aromatic carbocycles. The molecule has 11 heteroatoms. The molecule has 1 aliphatic heterocycles. The zero-order valence-corrected chi connectivity index (χ0v) is 25.3. The van der Waals surface area contributed by atoms with Crippen molar-refractivity contribution in [1.29, 1.82) is 0 Å². The highest BCUT2D eigenvalue weighted by atomic mass is 16.7. The van der Waals surface area contributed by atoms with Crippen molar-refractivity contribution in [3.63, 3.8) is 0 Å². The van der Waals surface area contributed by atoms with Gasteiger partial charge in [-0.3, -0.25) is 19.2 Å². The SMILES string of the molecule is CC(=O)O[C@@H]1OC[C@@]23[C@@H]4C(=O)[C@H](OC(C)=O)[C@]5(C)C(=CC[C@H]5c5ccoc5)[C@]4(C)[C@H](O)C[C@H]2[C@]1(C)[C@H](OC(C)=O)C[C@@H]3O. The molecule has 0 unspecified atom stereocenters. The van der Waals surface area contributed by atoms with E-state index < -0.39 is 87.9 Å². The lowest BCUT2D eigenvalue weighted by Gasteiger charge is -2.72. The first-order valence-electron chi connectivity index (χ1n) is 14.9. The summed E-state index contributed by atoms with van der Waals surface area (Å²) in [5, 5.41) is 24.3. The second-order valence-electron chi connectivity index (χ2n) is 13.7. The van der Waals surface area contributed by atoms with Gasteiger partial charge in [0, 0.05) is 55.3 Å². The van der Waals surface area contributed by atoms with Gasteiger partial charge in [0.1, 0.15) is 6.10 Å². The molecule has 2 N–H and O–H groups in total. The van der Waals surface area contributed by atoms with Gasteiger partial charge in [0.05, 0.1) is 36.8 Å². The first kappa shape index (κ1) is 30.0. The van der Waals surface area contributed by atoms with Gasteiger partial charge in [-0.1, -0.05) is 25.5 Å². The molecule has 2 bridgehead atoms. The highest BCUT2D eigenvalue weighted by molar-refractivity contribution is 5.93. The highest BCUT2D eigenvalue weighted by Crippen LogP contribution is 2.75. The molecule has 5 aliphatic rings. The van der Waals surface area contributed by atoms with Crippen LogP contribution in [0.1, 0.15) is 72.3 Å². The van der Waals surface area contributed by atoms with Crippen LogP contribution in [-0.2, 0) is 38.1 Å². The molecule has 0 amide bonds. The monoisotopic (exact) mass is 600 g/mol. The molecule has 2 heterocycles. The third kappa shape index (κ3) is 3.77. The Morgan fingerprint density at radius 1 is 0.930 bits per heavy atom. The number of ether oxygens (including phenoxy) is 4. The number of aliphatic hydroxyl groups excluding tert-OH is 2. The molecule has 234 valence electrons. The summed E-state index contributed by atoms with van der Waals surface area (Å²) in [6.45, 7) is 9.14. The minimum Gasteiger partial charge on any atom is -0.472 e. The van der Waals surface area contributed by atoms with Crippen LogP contribution in [0.2, 0.25) is 0 Å². The number of carbonyl (C=O) groups excluding carboxylic acids is 4. The maximum absolute atomic E-state index is 15.1. The summed E-state index contributed by atoms with van der Waals surface area (Å²) in [6.07, 6.45) is 0.272. The van der Waals surface area contributed by atoms with Gasteiger partial charge in [-0.2, -0.15) is 0 Å². The second-order valence-corrected chi connectivity index (χ2v) is 13.7. The molecule has 1 saturated heterocycles. The minimum absolute atomic E-state index is 0.0319. The zero-order valence-electron chi connectivity index (χ0n) is 25.3. The number of ketones is 1. The van der Waals surface area contributed by atoms with Gasteiger partial charge in [-0.15, -0.1) is 0 Å². The number of fused-ring (bicyclic) bond motifs is 3. The summed E-state index contributed by atoms with van der Waals surface area (Å²) < 4.78 is 28.9. The van der Waals surface area contributed by atoms with Crippen LogP contribution in [0.4, 0.5) is 0 Å². The van der Waals surface area contributed by atoms with E-state index in [2.05, 4.69) is 0 Å². The van der Waals surface area contributed by atoms with Crippen LogP contribution in [0.3, 0.4) is 0 Å². The number of aliphatic hydroxyl groups is 2. The summed E-state index contributed by atoms with van der Waals surface area (Å²) in [5.74, 6) is -4.18. The van der Waals surface area contributed by atoms with E-state index in [-0.39, 0.29) is 25.4 Å². The summed E-state index contributed by atoms with van der Waals surface area (Å²) in [4.78, 5) is 52.0. The average molecular weight is 601 g/mol. The van der Waals surface area contributed by atoms with Crippen LogP contribution in [0.15, 0.2) is 34.7 Å². The highest BCUT2D eigenvalue weighted by Gasteiger charge is 2.80. The molecular formula is C32H40O11. The van der Waals surface area contributed by atoms with Crippen molar-refractivity contribution in [1.82, 2.24) is 0 Å². The third-order valence-corrected chi connectivity index (χ3v) is 11.8. The van der Waals surface area contributed by atoms with Crippen molar-refractivity contribution in [2.45, 2.75) is 97.4 Å². The Morgan fingerprint density at radius 2 is 1.60 bits per heavy atom. The first-order chi connectivity index (χ1) is 20.1. The Kier molecular flexibility index (Phi) is 6.80. The number of allylic oxidation sites excluding steroid dienone is 1. The van der Waals surface area contributed by atoms with Crippen LogP contribution in [-0.4, -0.2) is 71.2 Å². The molecule has 12 atom stereocenters. The Bertz CT molecular complexity index is 1380. The molecular weight excluding hydrogens is 560 g/mol. The number of furan rings is 1. The normalized spacial score (nSPS) is 46.5. The van der Waals surface area contributed by atoms with Crippen LogP contribution in [0.25, 0.3) is 0 Å². The van der Waals surface area contributed by atoms with Gasteiger partial charge in [0.15, 0.2) is 11.9 Å². The minimum atomic E-state index is -1.28. The van der Waals surface area contributed by atoms with Gasteiger partial charge < -0.3 is 33.6 Å². The predicted octanol–water partition coefficient (Wildman–Crippen LogP) is 2.83. The fraction of sp³-hybridized carbons (Fsp3) is 0.688. The van der Waals surface area contributed by atoms with E-state index in [0.29, 0.717) is 6.42 Å². The van der Waals surface area contributed by atoms with E-state index in [4.69, 9.17) is 23.4 Å². The van der Waals surface area contributed by atoms with Crippen molar-refractivity contribution in [2.24, 2.45) is 33.5 Å². The summed E-state index contributed by atoms with van der Waals surface area (Å²) in [7, 11) is 0. The quantitative estimate of drug-likeness (QED) is 0.297. The van der Waals surface area contributed by atoms with Gasteiger partial charge in [0.25, 0.3) is 0 Å². The van der Waals surface area contributed by atoms with E-state index in [0.717, 1.165) is 11.1 Å². The van der Waals surface area contributed by atoms with E-state index >= 15 is 4.79 Å². The Morgan fingerprint density at radius 3 is 2.21 bits per heavy atom. The largest absolute Gasteiger partial charge is 0.472 e. The lowest BCUT2D eigenvalue weighted by molar-refractivity contribution is -0.364. The van der Waals surface area contributed by atoms with Gasteiger partial charge >= 0.3 is 17.9 Å². The number of rotatable bonds is 4. The number of hydrogen-bond acceptors (Lipinski definition) is 11. The number of Topliss-reactive ketones (excluding diaryl/α,β-unsaturated/α-hetero) is 1. The molecule has 11 nitrogen and oxygen atoms in total. The maximum Gasteiger partial charge on any atom is 0.304 e. The fourth-order valence-corrected chi connectivity index (χ4v) is 10.1. The van der Waals surface area contributed by atoms with Crippen molar-refractivity contribution in [3.05, 3.63) is 35.8 Å². The second kappa shape index (κ2) is 9.74. The van der Waals surface area contributed by atoms with Gasteiger partial charge in [0.2, 0.25) is 6.29 Å². The van der Waals surface area contributed by atoms with Gasteiger partial charge in [-0.05, 0) is 37.3 Å². The Hall–Kier alpha value is -3.02. The molecule has 1 aromatic heterocycles. The maximum atomic E-state index is 15.1. The predicted molar refractivity (Wildman–Crippen MR) is 147 cm³/mol. The lowest BCUT2D eigenvalue weighted by atomic mass is 9.34. The number of hydrogen-bond donors (Lipinski definition) is 2. The Labute approximate surface area is 249 Å². The number of carbonyl (C=O) groups is 4. The van der Waals surface area contributed by atoms with Crippen molar-refractivity contribution in [3.8, 4) is 0 Å². The third-order valence-electron chi connectivity index (χ3n) is 11.8. The van der Waals surface area contributed by atoms with Crippen molar-refractivity contribution < 1.29 is 52.8 Å². The molecule has 0 spiro atoms. The van der Waals surface area contributed by atoms with E-state index in [1.807, 2.05) is 26.0 Å². The van der Waals surface area contributed by atoms with Crippen LogP contribution in [0.5, 0.6) is 0 Å². The first-order valence-corrected chi connectivity index (χ1v) is 14.9. The van der Waals surface area contributed by atoms with Crippen LogP contribution < -0.4 is 0 Å². The molecule has 43 heavy (non-hydrogen) atoms. The lowest BCUT2D eigenvalue weighted by Crippen LogP contribution is -2.79. The number of esters is 3. The smallest absolute Gasteiger partial charge is 0.304 e. The molecule has 6 rings (SSSR count). The molecule has 3 saturated carbocycles. The summed E-state index contributed by atoms with van der Waals surface area (Å²) >= 11 is 0. The molecule has 0 radical (unpaired) electrons. The van der Waals surface area contributed by atoms with Crippen molar-refractivity contribution >= 4 is 23.7 Å². The fourth-order valence-electron chi connectivity index (χ4n) is 10.1. The zero-order chi connectivity index (χ0) is 31.3. The van der Waals surface area contributed by atoms with Crippen LogP contribution >= 0.6 is 0 Å². The van der Waals surface area contributed by atoms with E-state index in [9.17, 15) is 24.6 Å². The molecule has 4 aliphatic carbocycles. The summed E-state index contributed by atoms with van der Waals surface area (Å²) in [5.41, 5.74) is -3.01. The van der Waals surface area contributed by atoms with Crippen LogP contribution in [0, 0.1) is 33.5 Å². The standard InChI is InChI=1S/C32H40O11/c1-15(33)41-24-12-23(37)32-14-40-28(43-17(3)35)31(24,6)21(32)11-22(36)30(5)20-8-7-19(18-9-10-39-13-18)29(20,4)27(42-16(2)34)25(38)26(30)32/h8-10,13,19,21-24,26-28,36-37H,7,11-12,14H2,1-6H3/t19-,21-,22+,23-,24+,26+,27-,28-,29-,30+,31+,32+/m0/s1. The topological polar surface area (TPSA) is 159 Å². The average Bonchev–Trinajstić information content (AvgIpc) is 3.56. The van der Waals surface area contributed by atoms with E-state index in [1.165, 1.54) is 20.8 Å². The summed E-state index contributed by atoms with van der Waals surface area (Å²) in [6, 6.07) is 1.83. The molecule has 4 fully saturated rings. The van der Waals surface area contributed by atoms with Crippen molar-refractivity contribution in [2.75, 3.05) is 6.61 Å².